The summed E-state index contributed by atoms with van der Waals surface area (Å²) in [6.45, 7) is 3.03. The molecule has 0 aliphatic carbocycles. The summed E-state index contributed by atoms with van der Waals surface area (Å²) in [6.07, 6.45) is 1.02. The van der Waals surface area contributed by atoms with Gasteiger partial charge in [0, 0.05) is 24.1 Å². The molecule has 1 fully saturated rings. The molecular formula is C18H19N4O2+. The van der Waals surface area contributed by atoms with Gasteiger partial charge in [0.1, 0.15) is 12.6 Å². The number of benzene rings is 2. The van der Waals surface area contributed by atoms with Gasteiger partial charge in [-0.3, -0.25) is 10.1 Å². The molecule has 0 radical (unpaired) electrons. The average molecular weight is 323 g/mol. The van der Waals surface area contributed by atoms with E-state index in [9.17, 15) is 15.4 Å². The summed E-state index contributed by atoms with van der Waals surface area (Å²) in [7, 11) is 0. The molecule has 0 spiro atoms. The van der Waals surface area contributed by atoms with Crippen molar-refractivity contribution in [1.29, 1.82) is 5.26 Å². The van der Waals surface area contributed by atoms with Gasteiger partial charge in [0.25, 0.3) is 5.69 Å². The highest BCUT2D eigenvalue weighted by molar-refractivity contribution is 5.61. The summed E-state index contributed by atoms with van der Waals surface area (Å²) in [5.41, 5.74) is 2.26. The fraction of sp³-hybridized carbons (Fsp3) is 0.278. The molecule has 122 valence electrons. The molecule has 1 unspecified atom stereocenters. The first-order valence-corrected chi connectivity index (χ1v) is 7.98. The first-order chi connectivity index (χ1) is 11.7. The fourth-order valence-corrected chi connectivity index (χ4v) is 3.18. The number of rotatable bonds is 5. The second-order valence-electron chi connectivity index (χ2n) is 6.10. The summed E-state index contributed by atoms with van der Waals surface area (Å²) in [5.74, 6) is 0. The van der Waals surface area contributed by atoms with Crippen LogP contribution in [-0.4, -0.2) is 24.1 Å². The molecule has 6 heteroatoms. The molecule has 2 aromatic rings. The third kappa shape index (κ3) is 3.70. The van der Waals surface area contributed by atoms with Crippen molar-refractivity contribution in [2.45, 2.75) is 19.0 Å². The molecule has 0 saturated carbocycles. The maximum atomic E-state index is 10.8. The number of hydrogen-bond acceptors (Lipinski definition) is 4. The van der Waals surface area contributed by atoms with E-state index in [1.54, 1.807) is 6.07 Å². The van der Waals surface area contributed by atoms with Crippen molar-refractivity contribution in [2.75, 3.05) is 18.4 Å². The third-order valence-electron chi connectivity index (χ3n) is 4.37. The summed E-state index contributed by atoms with van der Waals surface area (Å²) in [5, 5.41) is 23.4. The van der Waals surface area contributed by atoms with Crippen LogP contribution >= 0.6 is 0 Å². The zero-order valence-electron chi connectivity index (χ0n) is 13.2. The molecular weight excluding hydrogens is 304 g/mol. The number of quaternary nitrogens is 1. The fourth-order valence-electron chi connectivity index (χ4n) is 3.18. The highest BCUT2D eigenvalue weighted by Gasteiger charge is 2.26. The van der Waals surface area contributed by atoms with E-state index in [0.717, 1.165) is 26.1 Å². The van der Waals surface area contributed by atoms with Gasteiger partial charge < -0.3 is 10.2 Å². The number of nitriles is 1. The van der Waals surface area contributed by atoms with Crippen LogP contribution in [0.2, 0.25) is 0 Å². The SMILES string of the molecule is N#Cc1cc([N+](=O)[O-])ccc1N[C@@H]1CC[NH+](Cc2ccccc2)C1. The van der Waals surface area contributed by atoms with Gasteiger partial charge in [-0.15, -0.1) is 0 Å². The number of hydrogen-bond donors (Lipinski definition) is 2. The maximum Gasteiger partial charge on any atom is 0.270 e. The molecule has 3 rings (SSSR count). The van der Waals surface area contributed by atoms with Crippen molar-refractivity contribution in [3.05, 3.63) is 69.8 Å². The van der Waals surface area contributed by atoms with E-state index in [0.29, 0.717) is 11.3 Å². The Morgan fingerprint density at radius 1 is 1.29 bits per heavy atom. The number of nitro groups is 1. The Morgan fingerprint density at radius 3 is 2.79 bits per heavy atom. The van der Waals surface area contributed by atoms with Crippen LogP contribution in [0.15, 0.2) is 48.5 Å². The van der Waals surface area contributed by atoms with Crippen molar-refractivity contribution >= 4 is 11.4 Å². The number of nitro benzene ring substituents is 1. The van der Waals surface area contributed by atoms with Gasteiger partial charge in [-0.1, -0.05) is 30.3 Å². The van der Waals surface area contributed by atoms with E-state index in [-0.39, 0.29) is 11.7 Å². The summed E-state index contributed by atoms with van der Waals surface area (Å²) < 4.78 is 0. The Bertz CT molecular complexity index is 770. The first kappa shape index (κ1) is 16.0. The van der Waals surface area contributed by atoms with Crippen LogP contribution in [0.5, 0.6) is 0 Å². The molecule has 1 aliphatic heterocycles. The summed E-state index contributed by atoms with van der Waals surface area (Å²) in [6, 6.07) is 17.1. The lowest BCUT2D eigenvalue weighted by molar-refractivity contribution is -0.901. The van der Waals surface area contributed by atoms with Crippen LogP contribution in [0.4, 0.5) is 11.4 Å². The summed E-state index contributed by atoms with van der Waals surface area (Å²) in [4.78, 5) is 11.8. The van der Waals surface area contributed by atoms with Gasteiger partial charge in [0.15, 0.2) is 0 Å². The lowest BCUT2D eigenvalue weighted by atomic mass is 10.1. The van der Waals surface area contributed by atoms with Crippen LogP contribution in [0.25, 0.3) is 0 Å². The van der Waals surface area contributed by atoms with Gasteiger partial charge in [0.2, 0.25) is 0 Å². The Hall–Kier alpha value is -2.91. The molecule has 2 aromatic carbocycles. The lowest BCUT2D eigenvalue weighted by Crippen LogP contribution is -3.09. The summed E-state index contributed by atoms with van der Waals surface area (Å²) >= 11 is 0. The molecule has 1 aliphatic rings. The van der Waals surface area contributed by atoms with Gasteiger partial charge in [-0.05, 0) is 6.07 Å². The Labute approximate surface area is 140 Å². The number of anilines is 1. The minimum atomic E-state index is -0.480. The number of non-ortho nitro benzene ring substituents is 1. The van der Waals surface area contributed by atoms with E-state index in [1.165, 1.54) is 22.6 Å². The monoisotopic (exact) mass is 323 g/mol. The Kier molecular flexibility index (Phi) is 4.73. The van der Waals surface area contributed by atoms with Crippen molar-refractivity contribution < 1.29 is 9.82 Å². The number of nitrogens with one attached hydrogen (secondary N) is 2. The Morgan fingerprint density at radius 2 is 2.08 bits per heavy atom. The quantitative estimate of drug-likeness (QED) is 0.648. The van der Waals surface area contributed by atoms with E-state index >= 15 is 0 Å². The largest absolute Gasteiger partial charge is 0.375 e. The molecule has 0 amide bonds. The number of likely N-dealkylation sites (tertiary alicyclic amines) is 1. The third-order valence-corrected chi connectivity index (χ3v) is 4.37. The van der Waals surface area contributed by atoms with Gasteiger partial charge >= 0.3 is 0 Å². The van der Waals surface area contributed by atoms with Crippen molar-refractivity contribution in [1.82, 2.24) is 0 Å². The van der Waals surface area contributed by atoms with E-state index in [1.807, 2.05) is 12.1 Å². The van der Waals surface area contributed by atoms with E-state index in [4.69, 9.17) is 0 Å². The van der Waals surface area contributed by atoms with Crippen LogP contribution in [0.1, 0.15) is 17.5 Å². The topological polar surface area (TPSA) is 83.4 Å². The van der Waals surface area contributed by atoms with Crippen molar-refractivity contribution in [3.63, 3.8) is 0 Å². The first-order valence-electron chi connectivity index (χ1n) is 7.98. The minimum Gasteiger partial charge on any atom is -0.375 e. The maximum absolute atomic E-state index is 10.8. The zero-order valence-corrected chi connectivity index (χ0v) is 13.2. The molecule has 6 nitrogen and oxygen atoms in total. The van der Waals surface area contributed by atoms with Gasteiger partial charge in [-0.2, -0.15) is 5.26 Å². The lowest BCUT2D eigenvalue weighted by Gasteiger charge is -2.15. The zero-order chi connectivity index (χ0) is 16.9. The predicted molar refractivity (Wildman–Crippen MR) is 90.7 cm³/mol. The second-order valence-corrected chi connectivity index (χ2v) is 6.10. The van der Waals surface area contributed by atoms with Crippen molar-refractivity contribution in [2.24, 2.45) is 0 Å². The normalized spacial score (nSPS) is 19.6. The molecule has 1 heterocycles. The van der Waals surface area contributed by atoms with Crippen LogP contribution in [0.3, 0.4) is 0 Å². The smallest absolute Gasteiger partial charge is 0.270 e. The molecule has 0 aromatic heterocycles. The van der Waals surface area contributed by atoms with Gasteiger partial charge in [-0.25, -0.2) is 0 Å². The van der Waals surface area contributed by atoms with Crippen LogP contribution < -0.4 is 10.2 Å². The van der Waals surface area contributed by atoms with E-state index < -0.39 is 4.92 Å². The minimum absolute atomic E-state index is 0.0557. The number of nitrogens with zero attached hydrogens (tertiary/aromatic N) is 2. The molecule has 1 saturated heterocycles. The Balaban J connectivity index is 1.63. The van der Waals surface area contributed by atoms with Crippen LogP contribution in [-0.2, 0) is 6.54 Å². The van der Waals surface area contributed by atoms with Crippen molar-refractivity contribution in [3.8, 4) is 6.07 Å². The highest BCUT2D eigenvalue weighted by Crippen LogP contribution is 2.22. The molecule has 2 atom stereocenters. The molecule has 2 N–H and O–H groups in total. The van der Waals surface area contributed by atoms with Gasteiger partial charge in [0.05, 0.1) is 35.3 Å². The van der Waals surface area contributed by atoms with Crippen LogP contribution in [0, 0.1) is 21.4 Å². The standard InChI is InChI=1S/C18H18N4O2/c19-11-15-10-17(22(23)24)6-7-18(15)20-16-8-9-21(13-16)12-14-4-2-1-3-5-14/h1-7,10,16,20H,8-9,12-13H2/p+1/t16-/m1/s1. The predicted octanol–water partition coefficient (Wildman–Crippen LogP) is 1.74. The average Bonchev–Trinajstić information content (AvgIpc) is 3.03. The highest BCUT2D eigenvalue weighted by atomic mass is 16.6. The molecule has 24 heavy (non-hydrogen) atoms. The van der Waals surface area contributed by atoms with E-state index in [2.05, 4.69) is 29.6 Å². The molecule has 0 bridgehead atoms. The second kappa shape index (κ2) is 7.11.